The molecule has 1 aliphatic carbocycles. The fraction of sp³-hybridized carbons (Fsp3) is 0.929. The number of carbonyl (C=O) groups is 1. The lowest BCUT2D eigenvalue weighted by atomic mass is 9.86. The van der Waals surface area contributed by atoms with Crippen LogP contribution >= 0.6 is 0 Å². The van der Waals surface area contributed by atoms with Gasteiger partial charge >= 0.3 is 6.03 Å². The molecule has 0 radical (unpaired) electrons. The van der Waals surface area contributed by atoms with Crippen molar-refractivity contribution in [1.29, 1.82) is 0 Å². The molecule has 18 heavy (non-hydrogen) atoms. The average molecular weight is 254 g/mol. The Kier molecular flexibility index (Phi) is 5.29. The summed E-state index contributed by atoms with van der Waals surface area (Å²) in [5, 5.41) is 6.14. The van der Waals surface area contributed by atoms with E-state index in [-0.39, 0.29) is 6.03 Å². The Balaban J connectivity index is 1.64. The van der Waals surface area contributed by atoms with Gasteiger partial charge in [-0.05, 0) is 37.5 Å². The van der Waals surface area contributed by atoms with Gasteiger partial charge in [-0.3, -0.25) is 0 Å². The summed E-state index contributed by atoms with van der Waals surface area (Å²) in [6, 6.07) is 0.383. The molecule has 0 aromatic heterocycles. The lowest BCUT2D eigenvalue weighted by Crippen LogP contribution is -2.47. The summed E-state index contributed by atoms with van der Waals surface area (Å²) in [5.74, 6) is 1.21. The van der Waals surface area contributed by atoms with Crippen LogP contribution in [0.4, 0.5) is 4.79 Å². The van der Waals surface area contributed by atoms with E-state index in [4.69, 9.17) is 4.74 Å². The zero-order chi connectivity index (χ0) is 12.8. The Morgan fingerprint density at radius 3 is 2.61 bits per heavy atom. The molecule has 4 heteroatoms. The van der Waals surface area contributed by atoms with E-state index < -0.39 is 0 Å². The summed E-state index contributed by atoms with van der Waals surface area (Å²) in [4.78, 5) is 11.8. The van der Waals surface area contributed by atoms with Gasteiger partial charge in [0.25, 0.3) is 0 Å². The maximum atomic E-state index is 11.8. The summed E-state index contributed by atoms with van der Waals surface area (Å²) in [6.45, 7) is 4.71. The van der Waals surface area contributed by atoms with Crippen molar-refractivity contribution in [3.8, 4) is 0 Å². The third kappa shape index (κ3) is 4.16. The molecule has 2 fully saturated rings. The molecule has 0 spiro atoms. The Labute approximate surface area is 110 Å². The fourth-order valence-electron chi connectivity index (χ4n) is 2.94. The zero-order valence-electron chi connectivity index (χ0n) is 11.4. The second kappa shape index (κ2) is 6.98. The fourth-order valence-corrected chi connectivity index (χ4v) is 2.94. The Bertz CT molecular complexity index is 265. The van der Waals surface area contributed by atoms with E-state index >= 15 is 0 Å². The van der Waals surface area contributed by atoms with Crippen LogP contribution in [0.5, 0.6) is 0 Å². The smallest absolute Gasteiger partial charge is 0.315 e. The van der Waals surface area contributed by atoms with Crippen LogP contribution in [0.1, 0.15) is 45.4 Å². The van der Waals surface area contributed by atoms with Crippen LogP contribution < -0.4 is 10.6 Å². The summed E-state index contributed by atoms with van der Waals surface area (Å²) < 4.78 is 5.31. The monoisotopic (exact) mass is 254 g/mol. The standard InChI is InChI=1S/C14H26N2O2/c1-11-4-2-3-5-13(11)16-14(17)15-10-12-6-8-18-9-7-12/h11-13H,2-10H2,1H3,(H2,15,16,17). The van der Waals surface area contributed by atoms with Crippen LogP contribution in [0.3, 0.4) is 0 Å². The first-order chi connectivity index (χ1) is 8.75. The number of ether oxygens (including phenoxy) is 1. The van der Waals surface area contributed by atoms with Gasteiger partial charge in [-0.1, -0.05) is 19.8 Å². The van der Waals surface area contributed by atoms with Gasteiger partial charge < -0.3 is 15.4 Å². The molecule has 0 aromatic rings. The van der Waals surface area contributed by atoms with E-state index in [0.717, 1.165) is 39.0 Å². The van der Waals surface area contributed by atoms with E-state index in [1.165, 1.54) is 19.3 Å². The zero-order valence-corrected chi connectivity index (χ0v) is 11.4. The second-order valence-corrected chi connectivity index (χ2v) is 5.78. The minimum Gasteiger partial charge on any atom is -0.381 e. The molecule has 1 aliphatic heterocycles. The van der Waals surface area contributed by atoms with E-state index in [1.807, 2.05) is 0 Å². The largest absolute Gasteiger partial charge is 0.381 e. The number of carbonyl (C=O) groups excluding carboxylic acids is 1. The van der Waals surface area contributed by atoms with Crippen molar-refractivity contribution in [3.05, 3.63) is 0 Å². The topological polar surface area (TPSA) is 50.4 Å². The van der Waals surface area contributed by atoms with Gasteiger partial charge in [0.05, 0.1) is 0 Å². The average Bonchev–Trinajstić information content (AvgIpc) is 2.40. The summed E-state index contributed by atoms with van der Waals surface area (Å²) in [7, 11) is 0. The molecule has 2 rings (SSSR count). The molecule has 2 aliphatic rings. The number of hydrogen-bond acceptors (Lipinski definition) is 2. The first-order valence-electron chi connectivity index (χ1n) is 7.38. The highest BCUT2D eigenvalue weighted by atomic mass is 16.5. The first-order valence-corrected chi connectivity index (χ1v) is 7.38. The van der Waals surface area contributed by atoms with Crippen molar-refractivity contribution < 1.29 is 9.53 Å². The molecule has 2 unspecified atom stereocenters. The second-order valence-electron chi connectivity index (χ2n) is 5.78. The lowest BCUT2D eigenvalue weighted by molar-refractivity contribution is 0.0668. The van der Waals surface area contributed by atoms with Crippen LogP contribution in [0.25, 0.3) is 0 Å². The molecule has 2 atom stereocenters. The molecule has 1 saturated heterocycles. The van der Waals surface area contributed by atoms with Gasteiger partial charge in [-0.25, -0.2) is 4.79 Å². The number of urea groups is 1. The van der Waals surface area contributed by atoms with Gasteiger partial charge in [0.15, 0.2) is 0 Å². The minimum absolute atomic E-state index is 0.0141. The molecular weight excluding hydrogens is 228 g/mol. The van der Waals surface area contributed by atoms with Crippen LogP contribution in [-0.2, 0) is 4.74 Å². The van der Waals surface area contributed by atoms with Gasteiger partial charge in [0.2, 0.25) is 0 Å². The third-order valence-corrected chi connectivity index (χ3v) is 4.32. The molecule has 0 aromatic carbocycles. The van der Waals surface area contributed by atoms with Crippen LogP contribution in [-0.4, -0.2) is 31.8 Å². The Morgan fingerprint density at radius 2 is 1.89 bits per heavy atom. The van der Waals surface area contributed by atoms with Gasteiger partial charge in [0, 0.05) is 25.8 Å². The van der Waals surface area contributed by atoms with Crippen LogP contribution in [0, 0.1) is 11.8 Å². The Hall–Kier alpha value is -0.770. The van der Waals surface area contributed by atoms with Gasteiger partial charge in [-0.15, -0.1) is 0 Å². The van der Waals surface area contributed by atoms with E-state index in [0.29, 0.717) is 17.9 Å². The maximum Gasteiger partial charge on any atom is 0.315 e. The van der Waals surface area contributed by atoms with E-state index in [1.54, 1.807) is 0 Å². The van der Waals surface area contributed by atoms with Crippen molar-refractivity contribution in [2.45, 2.75) is 51.5 Å². The molecule has 0 bridgehead atoms. The predicted molar refractivity (Wildman–Crippen MR) is 71.5 cm³/mol. The van der Waals surface area contributed by atoms with E-state index in [9.17, 15) is 4.79 Å². The lowest BCUT2D eigenvalue weighted by Gasteiger charge is -2.30. The molecule has 2 N–H and O–H groups in total. The predicted octanol–water partition coefficient (Wildman–Crippen LogP) is 2.29. The highest BCUT2D eigenvalue weighted by molar-refractivity contribution is 5.74. The molecule has 104 valence electrons. The summed E-state index contributed by atoms with van der Waals surface area (Å²) >= 11 is 0. The molecular formula is C14H26N2O2. The SMILES string of the molecule is CC1CCCCC1NC(=O)NCC1CCOCC1. The molecule has 1 heterocycles. The van der Waals surface area contributed by atoms with Crippen molar-refractivity contribution in [1.82, 2.24) is 10.6 Å². The van der Waals surface area contributed by atoms with Crippen LogP contribution in [0.15, 0.2) is 0 Å². The van der Waals surface area contributed by atoms with Crippen molar-refractivity contribution in [2.24, 2.45) is 11.8 Å². The number of hydrogen-bond donors (Lipinski definition) is 2. The van der Waals surface area contributed by atoms with Crippen LogP contribution in [0.2, 0.25) is 0 Å². The van der Waals surface area contributed by atoms with Gasteiger partial charge in [0.1, 0.15) is 0 Å². The summed E-state index contributed by atoms with van der Waals surface area (Å²) in [5.41, 5.74) is 0. The molecule has 1 saturated carbocycles. The highest BCUT2D eigenvalue weighted by Crippen LogP contribution is 2.23. The molecule has 4 nitrogen and oxygen atoms in total. The molecule has 2 amide bonds. The van der Waals surface area contributed by atoms with Crippen molar-refractivity contribution >= 4 is 6.03 Å². The number of rotatable bonds is 3. The maximum absolute atomic E-state index is 11.8. The summed E-state index contributed by atoms with van der Waals surface area (Å²) in [6.07, 6.45) is 7.06. The minimum atomic E-state index is 0.0141. The quantitative estimate of drug-likeness (QED) is 0.812. The number of nitrogens with one attached hydrogen (secondary N) is 2. The number of amides is 2. The van der Waals surface area contributed by atoms with Crippen molar-refractivity contribution in [3.63, 3.8) is 0 Å². The van der Waals surface area contributed by atoms with E-state index in [2.05, 4.69) is 17.6 Å². The van der Waals surface area contributed by atoms with Gasteiger partial charge in [-0.2, -0.15) is 0 Å². The normalized spacial score (nSPS) is 29.8. The Morgan fingerprint density at radius 1 is 1.17 bits per heavy atom. The third-order valence-electron chi connectivity index (χ3n) is 4.32. The highest BCUT2D eigenvalue weighted by Gasteiger charge is 2.23. The first kappa shape index (κ1) is 13.7. The van der Waals surface area contributed by atoms with Crippen molar-refractivity contribution in [2.75, 3.05) is 19.8 Å².